The topological polar surface area (TPSA) is 65.9 Å². The molecule has 1 aromatic rings. The highest BCUT2D eigenvalue weighted by Crippen LogP contribution is 2.29. The molecule has 1 aromatic carbocycles. The lowest BCUT2D eigenvalue weighted by atomic mass is 10.1. The Balaban J connectivity index is 0.00000441. The van der Waals surface area contributed by atoms with E-state index in [-0.39, 0.29) is 29.7 Å². The number of aliphatic imine (C=N–C) groups is 1. The van der Waals surface area contributed by atoms with Gasteiger partial charge in [-0.1, -0.05) is 19.1 Å². The lowest BCUT2D eigenvalue weighted by Gasteiger charge is -2.16. The van der Waals surface area contributed by atoms with Crippen molar-refractivity contribution in [2.75, 3.05) is 20.2 Å². The molecule has 3 N–H and O–H groups in total. The third kappa shape index (κ3) is 6.72. The number of guanidine groups is 1. The number of rotatable bonds is 7. The third-order valence-corrected chi connectivity index (χ3v) is 3.29. The van der Waals surface area contributed by atoms with Gasteiger partial charge in [-0.25, -0.2) is 0 Å². The Morgan fingerprint density at radius 2 is 2.09 bits per heavy atom. The Bertz CT molecular complexity index is 467. The van der Waals surface area contributed by atoms with Crippen molar-refractivity contribution in [3.05, 3.63) is 23.8 Å². The van der Waals surface area contributed by atoms with Crippen molar-refractivity contribution < 1.29 is 9.84 Å². The number of para-hydroxylation sites is 1. The molecule has 0 bridgehead atoms. The molecule has 22 heavy (non-hydrogen) atoms. The summed E-state index contributed by atoms with van der Waals surface area (Å²) in [5.74, 6) is 1.52. The Kier molecular flexibility index (Phi) is 10.8. The second kappa shape index (κ2) is 11.4. The number of phenols is 1. The summed E-state index contributed by atoms with van der Waals surface area (Å²) < 4.78 is 5.11. The van der Waals surface area contributed by atoms with Crippen LogP contribution in [0.3, 0.4) is 0 Å². The monoisotopic (exact) mass is 421 g/mol. The van der Waals surface area contributed by atoms with Gasteiger partial charge in [0, 0.05) is 19.1 Å². The lowest BCUT2D eigenvalue weighted by Crippen LogP contribution is -2.42. The van der Waals surface area contributed by atoms with Crippen LogP contribution >= 0.6 is 24.0 Å². The van der Waals surface area contributed by atoms with E-state index in [4.69, 9.17) is 4.74 Å². The first kappa shape index (κ1) is 20.8. The first-order chi connectivity index (χ1) is 10.1. The summed E-state index contributed by atoms with van der Waals surface area (Å²) in [5, 5.41) is 16.6. The molecule has 1 rings (SSSR count). The zero-order valence-corrected chi connectivity index (χ0v) is 16.2. The Labute approximate surface area is 150 Å². The predicted molar refractivity (Wildman–Crippen MR) is 103 cm³/mol. The molecule has 0 fully saturated rings. The highest BCUT2D eigenvalue weighted by Gasteiger charge is 2.07. The average molecular weight is 421 g/mol. The van der Waals surface area contributed by atoms with E-state index >= 15 is 0 Å². The van der Waals surface area contributed by atoms with Gasteiger partial charge in [-0.05, 0) is 38.3 Å². The summed E-state index contributed by atoms with van der Waals surface area (Å²) in [6, 6.07) is 5.90. The fourth-order valence-electron chi connectivity index (χ4n) is 1.88. The molecule has 0 spiro atoms. The lowest BCUT2D eigenvalue weighted by molar-refractivity contribution is 0.370. The highest BCUT2D eigenvalue weighted by molar-refractivity contribution is 14.0. The van der Waals surface area contributed by atoms with E-state index in [0.717, 1.165) is 24.5 Å². The Morgan fingerprint density at radius 1 is 1.36 bits per heavy atom. The number of halogens is 1. The zero-order valence-electron chi connectivity index (χ0n) is 13.8. The predicted octanol–water partition coefficient (Wildman–Crippen LogP) is 2.91. The van der Waals surface area contributed by atoms with Crippen LogP contribution in [0.1, 0.15) is 32.8 Å². The van der Waals surface area contributed by atoms with Gasteiger partial charge < -0.3 is 20.5 Å². The van der Waals surface area contributed by atoms with Crippen molar-refractivity contribution in [3.63, 3.8) is 0 Å². The van der Waals surface area contributed by atoms with Gasteiger partial charge >= 0.3 is 0 Å². The smallest absolute Gasteiger partial charge is 0.191 e. The fraction of sp³-hybridized carbons (Fsp3) is 0.562. The second-order valence-electron chi connectivity index (χ2n) is 4.93. The number of nitrogens with one attached hydrogen (secondary N) is 2. The van der Waals surface area contributed by atoms with Gasteiger partial charge in [0.15, 0.2) is 17.5 Å². The SMILES string of the molecule is CCNC(=NCCc1cccc(OC)c1O)NC(C)CC.I. The van der Waals surface area contributed by atoms with Gasteiger partial charge in [-0.3, -0.25) is 4.99 Å². The van der Waals surface area contributed by atoms with E-state index in [1.165, 1.54) is 0 Å². The molecule has 0 amide bonds. The van der Waals surface area contributed by atoms with Gasteiger partial charge in [0.25, 0.3) is 0 Å². The molecule has 0 aliphatic carbocycles. The molecule has 6 heteroatoms. The molecule has 0 aliphatic rings. The second-order valence-corrected chi connectivity index (χ2v) is 4.93. The van der Waals surface area contributed by atoms with Crippen molar-refractivity contribution in [1.29, 1.82) is 0 Å². The van der Waals surface area contributed by atoms with Crippen LogP contribution in [-0.2, 0) is 6.42 Å². The summed E-state index contributed by atoms with van der Waals surface area (Å²) in [7, 11) is 1.55. The summed E-state index contributed by atoms with van der Waals surface area (Å²) in [6.07, 6.45) is 1.71. The number of hydrogen-bond donors (Lipinski definition) is 3. The van der Waals surface area contributed by atoms with Gasteiger partial charge in [-0.15, -0.1) is 24.0 Å². The average Bonchev–Trinajstić information content (AvgIpc) is 2.49. The first-order valence-electron chi connectivity index (χ1n) is 7.52. The van der Waals surface area contributed by atoms with Crippen molar-refractivity contribution >= 4 is 29.9 Å². The normalized spacial score (nSPS) is 12.3. The molecular weight excluding hydrogens is 393 g/mol. The number of methoxy groups -OCH3 is 1. The van der Waals surface area contributed by atoms with E-state index < -0.39 is 0 Å². The molecule has 1 atom stereocenters. The fourth-order valence-corrected chi connectivity index (χ4v) is 1.88. The zero-order chi connectivity index (χ0) is 15.7. The van der Waals surface area contributed by atoms with E-state index in [1.54, 1.807) is 13.2 Å². The number of phenolic OH excluding ortho intramolecular Hbond substituents is 1. The van der Waals surface area contributed by atoms with Crippen LogP contribution in [-0.4, -0.2) is 37.3 Å². The molecule has 0 saturated carbocycles. The van der Waals surface area contributed by atoms with Crippen LogP contribution in [0.5, 0.6) is 11.5 Å². The van der Waals surface area contributed by atoms with Crippen LogP contribution in [0.2, 0.25) is 0 Å². The number of ether oxygens (including phenoxy) is 1. The molecular formula is C16H28IN3O2. The van der Waals surface area contributed by atoms with Gasteiger partial charge in [0.2, 0.25) is 0 Å². The maximum Gasteiger partial charge on any atom is 0.191 e. The van der Waals surface area contributed by atoms with Crippen molar-refractivity contribution in [2.45, 2.75) is 39.7 Å². The Morgan fingerprint density at radius 3 is 2.68 bits per heavy atom. The van der Waals surface area contributed by atoms with Gasteiger partial charge in [-0.2, -0.15) is 0 Å². The summed E-state index contributed by atoms with van der Waals surface area (Å²) in [4.78, 5) is 4.54. The minimum atomic E-state index is 0. The van der Waals surface area contributed by atoms with E-state index in [1.807, 2.05) is 19.1 Å². The molecule has 0 aliphatic heterocycles. The summed E-state index contributed by atoms with van der Waals surface area (Å²) in [6.45, 7) is 7.73. The number of nitrogens with zero attached hydrogens (tertiary/aromatic N) is 1. The van der Waals surface area contributed by atoms with Crippen molar-refractivity contribution in [2.24, 2.45) is 4.99 Å². The molecule has 0 radical (unpaired) electrons. The number of hydrogen-bond acceptors (Lipinski definition) is 3. The van der Waals surface area contributed by atoms with E-state index in [9.17, 15) is 5.11 Å². The first-order valence-corrected chi connectivity index (χ1v) is 7.52. The minimum Gasteiger partial charge on any atom is -0.504 e. The number of aromatic hydroxyl groups is 1. The molecule has 0 aromatic heterocycles. The quantitative estimate of drug-likeness (QED) is 0.360. The van der Waals surface area contributed by atoms with Crippen LogP contribution in [0, 0.1) is 0 Å². The maximum atomic E-state index is 10.0. The van der Waals surface area contributed by atoms with Crippen LogP contribution in [0.15, 0.2) is 23.2 Å². The highest BCUT2D eigenvalue weighted by atomic mass is 127. The van der Waals surface area contributed by atoms with Crippen molar-refractivity contribution in [1.82, 2.24) is 10.6 Å². The van der Waals surface area contributed by atoms with Gasteiger partial charge in [0.05, 0.1) is 7.11 Å². The van der Waals surface area contributed by atoms with Crippen LogP contribution in [0.25, 0.3) is 0 Å². The summed E-state index contributed by atoms with van der Waals surface area (Å²) in [5.41, 5.74) is 0.845. The van der Waals surface area contributed by atoms with Gasteiger partial charge in [0.1, 0.15) is 0 Å². The standard InChI is InChI=1S/C16H27N3O2.HI/c1-5-12(3)19-16(17-6-2)18-11-10-13-8-7-9-14(21-4)15(13)20;/h7-9,12,20H,5-6,10-11H2,1-4H3,(H2,17,18,19);1H. The maximum absolute atomic E-state index is 10.0. The van der Waals surface area contributed by atoms with Crippen molar-refractivity contribution in [3.8, 4) is 11.5 Å². The third-order valence-electron chi connectivity index (χ3n) is 3.29. The minimum absolute atomic E-state index is 0. The Hall–Kier alpha value is -1.18. The van der Waals surface area contributed by atoms with Crippen LogP contribution in [0.4, 0.5) is 0 Å². The molecule has 1 unspecified atom stereocenters. The van der Waals surface area contributed by atoms with E-state index in [0.29, 0.717) is 24.8 Å². The largest absolute Gasteiger partial charge is 0.504 e. The summed E-state index contributed by atoms with van der Waals surface area (Å²) >= 11 is 0. The molecule has 0 heterocycles. The van der Waals surface area contributed by atoms with Crippen LogP contribution < -0.4 is 15.4 Å². The molecule has 126 valence electrons. The molecule has 0 saturated heterocycles. The molecule has 5 nitrogen and oxygen atoms in total. The number of benzene rings is 1. The van der Waals surface area contributed by atoms with E-state index in [2.05, 4.69) is 29.5 Å².